The molecule has 0 fully saturated rings. The maximum atomic E-state index is 13.4. The summed E-state index contributed by atoms with van der Waals surface area (Å²) in [7, 11) is 0. The SMILES string of the molecule is CCOC(=O)[C@H](C)n1cnc2c1c(=O)n(CC(C)C)c(=O)n2-c1ccc(C)cc1C. The maximum absolute atomic E-state index is 13.4. The predicted octanol–water partition coefficient (Wildman–Crippen LogP) is 2.75. The number of fused-ring (bicyclic) bond motifs is 1. The fourth-order valence-electron chi connectivity index (χ4n) is 3.62. The van der Waals surface area contributed by atoms with Crippen molar-refractivity contribution < 1.29 is 9.53 Å². The van der Waals surface area contributed by atoms with Crippen molar-refractivity contribution in [2.45, 2.75) is 54.1 Å². The van der Waals surface area contributed by atoms with Crippen molar-refractivity contribution in [2.75, 3.05) is 6.61 Å². The molecule has 0 amide bonds. The van der Waals surface area contributed by atoms with Crippen molar-refractivity contribution in [3.05, 3.63) is 56.5 Å². The van der Waals surface area contributed by atoms with E-state index in [-0.39, 0.29) is 30.2 Å². The van der Waals surface area contributed by atoms with Crippen LogP contribution in [0.25, 0.3) is 16.9 Å². The van der Waals surface area contributed by atoms with E-state index in [1.54, 1.807) is 13.8 Å². The van der Waals surface area contributed by atoms with E-state index >= 15 is 0 Å². The summed E-state index contributed by atoms with van der Waals surface area (Å²) in [5.74, 6) is -0.379. The van der Waals surface area contributed by atoms with Crippen LogP contribution < -0.4 is 11.2 Å². The molecule has 0 saturated carbocycles. The van der Waals surface area contributed by atoms with Gasteiger partial charge in [-0.15, -0.1) is 0 Å². The van der Waals surface area contributed by atoms with Gasteiger partial charge in [0.15, 0.2) is 11.2 Å². The van der Waals surface area contributed by atoms with Gasteiger partial charge in [0.05, 0.1) is 18.6 Å². The largest absolute Gasteiger partial charge is 0.464 e. The summed E-state index contributed by atoms with van der Waals surface area (Å²) in [6.45, 7) is 11.6. The molecule has 1 atom stereocenters. The van der Waals surface area contributed by atoms with Crippen LogP contribution >= 0.6 is 0 Å². The number of aromatic nitrogens is 4. The highest BCUT2D eigenvalue weighted by Gasteiger charge is 2.25. The van der Waals surface area contributed by atoms with Crippen molar-refractivity contribution in [1.82, 2.24) is 18.7 Å². The minimum Gasteiger partial charge on any atom is -0.464 e. The lowest BCUT2D eigenvalue weighted by Gasteiger charge is -2.17. The average molecular weight is 412 g/mol. The number of nitrogens with zero attached hydrogens (tertiary/aromatic N) is 4. The third-order valence-electron chi connectivity index (χ3n) is 5.04. The van der Waals surface area contributed by atoms with Gasteiger partial charge in [-0.25, -0.2) is 19.1 Å². The normalized spacial score (nSPS) is 12.5. The second kappa shape index (κ2) is 8.30. The fraction of sp³-hybridized carbons (Fsp3) is 0.455. The zero-order valence-electron chi connectivity index (χ0n) is 18.3. The van der Waals surface area contributed by atoms with E-state index < -0.39 is 23.3 Å². The third kappa shape index (κ3) is 3.69. The van der Waals surface area contributed by atoms with Crippen molar-refractivity contribution in [3.63, 3.8) is 0 Å². The van der Waals surface area contributed by atoms with Gasteiger partial charge in [0.1, 0.15) is 6.04 Å². The summed E-state index contributed by atoms with van der Waals surface area (Å²) in [4.78, 5) is 43.4. The molecule has 8 heteroatoms. The number of benzene rings is 1. The summed E-state index contributed by atoms with van der Waals surface area (Å²) >= 11 is 0. The Morgan fingerprint density at radius 2 is 1.87 bits per heavy atom. The van der Waals surface area contributed by atoms with Crippen LogP contribution in [-0.2, 0) is 16.1 Å². The van der Waals surface area contributed by atoms with E-state index in [0.29, 0.717) is 5.69 Å². The minimum absolute atomic E-state index is 0.0827. The van der Waals surface area contributed by atoms with Crippen LogP contribution in [0.1, 0.15) is 44.9 Å². The molecule has 0 spiro atoms. The second-order valence-corrected chi connectivity index (χ2v) is 7.97. The maximum Gasteiger partial charge on any atom is 0.337 e. The van der Waals surface area contributed by atoms with E-state index in [1.165, 1.54) is 20.0 Å². The van der Waals surface area contributed by atoms with E-state index in [9.17, 15) is 14.4 Å². The van der Waals surface area contributed by atoms with Gasteiger partial charge in [-0.3, -0.25) is 9.36 Å². The van der Waals surface area contributed by atoms with Crippen molar-refractivity contribution in [3.8, 4) is 5.69 Å². The molecule has 2 heterocycles. The number of aryl methyl sites for hydroxylation is 2. The highest BCUT2D eigenvalue weighted by Crippen LogP contribution is 2.20. The Labute approximate surface area is 174 Å². The lowest BCUT2D eigenvalue weighted by molar-refractivity contribution is -0.146. The summed E-state index contributed by atoms with van der Waals surface area (Å²) < 4.78 is 9.29. The molecule has 0 aliphatic carbocycles. The van der Waals surface area contributed by atoms with Gasteiger partial charge in [-0.1, -0.05) is 31.5 Å². The molecular weight excluding hydrogens is 384 g/mol. The molecule has 0 radical (unpaired) electrons. The number of ether oxygens (including phenoxy) is 1. The first-order chi connectivity index (χ1) is 14.2. The Balaban J connectivity index is 2.40. The summed E-state index contributed by atoms with van der Waals surface area (Å²) in [5, 5.41) is 0. The van der Waals surface area contributed by atoms with Crippen LogP contribution in [0.2, 0.25) is 0 Å². The van der Waals surface area contributed by atoms with Gasteiger partial charge >= 0.3 is 11.7 Å². The molecule has 3 aromatic rings. The Morgan fingerprint density at radius 3 is 2.47 bits per heavy atom. The Hall–Kier alpha value is -3.16. The molecular formula is C22H28N4O4. The first kappa shape index (κ1) is 21.5. The van der Waals surface area contributed by atoms with Crippen LogP contribution in [0.4, 0.5) is 0 Å². The highest BCUT2D eigenvalue weighted by atomic mass is 16.5. The number of hydrogen-bond acceptors (Lipinski definition) is 5. The lowest BCUT2D eigenvalue weighted by atomic mass is 10.1. The molecule has 0 unspecified atom stereocenters. The van der Waals surface area contributed by atoms with E-state index in [1.807, 2.05) is 45.9 Å². The Bertz CT molecular complexity index is 1220. The van der Waals surface area contributed by atoms with Crippen molar-refractivity contribution in [1.29, 1.82) is 0 Å². The molecule has 0 aliphatic heterocycles. The smallest absolute Gasteiger partial charge is 0.337 e. The van der Waals surface area contributed by atoms with E-state index in [4.69, 9.17) is 4.74 Å². The number of carbonyl (C=O) groups excluding carboxylic acids is 1. The first-order valence-electron chi connectivity index (χ1n) is 10.1. The predicted molar refractivity (Wildman–Crippen MR) is 115 cm³/mol. The molecule has 30 heavy (non-hydrogen) atoms. The van der Waals surface area contributed by atoms with Crippen molar-refractivity contribution >= 4 is 17.1 Å². The van der Waals surface area contributed by atoms with Crippen LogP contribution in [0.3, 0.4) is 0 Å². The van der Waals surface area contributed by atoms with Gasteiger partial charge in [-0.05, 0) is 45.2 Å². The Morgan fingerprint density at radius 1 is 1.17 bits per heavy atom. The van der Waals surface area contributed by atoms with Crippen LogP contribution in [0, 0.1) is 19.8 Å². The van der Waals surface area contributed by atoms with Crippen LogP contribution in [0.5, 0.6) is 0 Å². The van der Waals surface area contributed by atoms with Gasteiger partial charge < -0.3 is 9.30 Å². The first-order valence-corrected chi connectivity index (χ1v) is 10.1. The molecule has 8 nitrogen and oxygen atoms in total. The summed E-state index contributed by atoms with van der Waals surface area (Å²) in [6.07, 6.45) is 1.42. The monoisotopic (exact) mass is 412 g/mol. The molecule has 0 saturated heterocycles. The zero-order chi connectivity index (χ0) is 22.2. The number of carbonyl (C=O) groups is 1. The number of rotatable bonds is 6. The number of esters is 1. The molecule has 0 N–H and O–H groups in total. The molecule has 0 bridgehead atoms. The molecule has 160 valence electrons. The highest BCUT2D eigenvalue weighted by molar-refractivity contribution is 5.79. The number of imidazole rings is 1. The lowest BCUT2D eigenvalue weighted by Crippen LogP contribution is -2.41. The second-order valence-electron chi connectivity index (χ2n) is 7.97. The molecule has 3 rings (SSSR count). The standard InChI is InChI=1S/C22H28N4O4/c1-7-30-21(28)16(6)25-12-23-19-18(25)20(27)24(11-13(2)3)22(29)26(19)17-9-8-14(4)10-15(17)5/h8-10,12-13,16H,7,11H2,1-6H3/t16-/m0/s1. The summed E-state index contributed by atoms with van der Waals surface area (Å²) in [6, 6.07) is 4.99. The Kier molecular flexibility index (Phi) is 5.96. The topological polar surface area (TPSA) is 88.1 Å². The van der Waals surface area contributed by atoms with Gasteiger partial charge in [0, 0.05) is 6.54 Å². The zero-order valence-corrected chi connectivity index (χ0v) is 18.3. The van der Waals surface area contributed by atoms with Crippen LogP contribution in [0.15, 0.2) is 34.1 Å². The van der Waals surface area contributed by atoms with Crippen molar-refractivity contribution in [2.24, 2.45) is 5.92 Å². The fourth-order valence-corrected chi connectivity index (χ4v) is 3.62. The molecule has 1 aromatic carbocycles. The van der Waals surface area contributed by atoms with Crippen LogP contribution in [-0.4, -0.2) is 31.3 Å². The van der Waals surface area contributed by atoms with Gasteiger partial charge in [0.2, 0.25) is 0 Å². The van der Waals surface area contributed by atoms with Gasteiger partial charge in [0.25, 0.3) is 5.56 Å². The summed E-state index contributed by atoms with van der Waals surface area (Å²) in [5.41, 5.74) is 2.14. The van der Waals surface area contributed by atoms with E-state index in [0.717, 1.165) is 11.1 Å². The molecule has 0 aliphatic rings. The van der Waals surface area contributed by atoms with Gasteiger partial charge in [-0.2, -0.15) is 0 Å². The quantitative estimate of drug-likeness (QED) is 0.581. The molecule has 2 aromatic heterocycles. The van der Waals surface area contributed by atoms with E-state index in [2.05, 4.69) is 4.98 Å². The third-order valence-corrected chi connectivity index (χ3v) is 5.04. The number of hydrogen-bond donors (Lipinski definition) is 0. The minimum atomic E-state index is -0.750. The average Bonchev–Trinajstić information content (AvgIpc) is 3.11.